The minimum absolute atomic E-state index is 0.115. The van der Waals surface area contributed by atoms with E-state index in [1.54, 1.807) is 5.06 Å². The second-order valence-corrected chi connectivity index (χ2v) is 4.28. The van der Waals surface area contributed by atoms with Crippen molar-refractivity contribution in [2.45, 2.75) is 12.8 Å². The average molecular weight is 259 g/mol. The second-order valence-electron chi connectivity index (χ2n) is 4.28. The van der Waals surface area contributed by atoms with Gasteiger partial charge in [-0.3, -0.25) is 4.79 Å². The molecule has 0 saturated heterocycles. The van der Waals surface area contributed by atoms with Gasteiger partial charge in [-0.1, -0.05) is 18.2 Å². The highest BCUT2D eigenvalue weighted by atomic mass is 16.7. The van der Waals surface area contributed by atoms with Crippen molar-refractivity contribution in [3.63, 3.8) is 0 Å². The molecule has 6 nitrogen and oxygen atoms in total. The molecule has 2 heterocycles. The van der Waals surface area contributed by atoms with Crippen molar-refractivity contribution in [3.8, 4) is 5.75 Å². The molecule has 6 heteroatoms. The van der Waals surface area contributed by atoms with Crippen LogP contribution in [0.25, 0.3) is 0 Å². The zero-order valence-corrected chi connectivity index (χ0v) is 10.2. The number of rotatable bonds is 2. The van der Waals surface area contributed by atoms with Crippen molar-refractivity contribution in [2.75, 3.05) is 11.6 Å². The van der Waals surface area contributed by atoms with E-state index < -0.39 is 5.91 Å². The zero-order valence-electron chi connectivity index (χ0n) is 10.2. The van der Waals surface area contributed by atoms with E-state index in [0.29, 0.717) is 12.4 Å². The zero-order chi connectivity index (χ0) is 13.2. The lowest BCUT2D eigenvalue weighted by Crippen LogP contribution is -2.27. The van der Waals surface area contributed by atoms with Gasteiger partial charge in [-0.15, -0.1) is 0 Å². The molecule has 1 aromatic carbocycles. The molecule has 0 radical (unpaired) electrons. The largest absolute Gasteiger partial charge is 0.439 e. The Morgan fingerprint density at radius 2 is 2.21 bits per heavy atom. The number of aryl methyl sites for hydroxylation is 1. The van der Waals surface area contributed by atoms with Crippen LogP contribution in [0.2, 0.25) is 0 Å². The highest BCUT2D eigenvalue weighted by Crippen LogP contribution is 2.26. The van der Waals surface area contributed by atoms with Crippen LogP contribution >= 0.6 is 0 Å². The number of benzene rings is 1. The fourth-order valence-corrected chi connectivity index (χ4v) is 2.03. The number of primary amides is 1. The SMILES string of the molecule is NC(=O)c1nc(N2CCCc3ccccc3O2)co1. The molecule has 0 spiro atoms. The van der Waals surface area contributed by atoms with Crippen LogP contribution in [0.5, 0.6) is 5.75 Å². The third-order valence-corrected chi connectivity index (χ3v) is 2.95. The third-order valence-electron chi connectivity index (χ3n) is 2.95. The molecule has 0 fully saturated rings. The predicted octanol–water partition coefficient (Wildman–Crippen LogP) is 1.52. The Bertz CT molecular complexity index is 609. The van der Waals surface area contributed by atoms with Crippen molar-refractivity contribution >= 4 is 11.7 Å². The van der Waals surface area contributed by atoms with Crippen molar-refractivity contribution in [1.82, 2.24) is 4.98 Å². The van der Waals surface area contributed by atoms with Crippen LogP contribution in [0, 0.1) is 0 Å². The minimum Gasteiger partial charge on any atom is -0.439 e. The first kappa shape index (κ1) is 11.6. The maximum atomic E-state index is 11.0. The first-order chi connectivity index (χ1) is 9.24. The Morgan fingerprint density at radius 1 is 1.37 bits per heavy atom. The summed E-state index contributed by atoms with van der Waals surface area (Å²) in [6.07, 6.45) is 3.23. The quantitative estimate of drug-likeness (QED) is 0.884. The summed E-state index contributed by atoms with van der Waals surface area (Å²) in [5.41, 5.74) is 6.27. The minimum atomic E-state index is -0.693. The number of aromatic nitrogens is 1. The molecule has 0 atom stereocenters. The fraction of sp³-hybridized carbons (Fsp3) is 0.231. The summed E-state index contributed by atoms with van der Waals surface area (Å²) < 4.78 is 5.00. The number of anilines is 1. The summed E-state index contributed by atoms with van der Waals surface area (Å²) in [5, 5.41) is 1.61. The van der Waals surface area contributed by atoms with Gasteiger partial charge in [-0.2, -0.15) is 10.0 Å². The van der Waals surface area contributed by atoms with Gasteiger partial charge in [-0.25, -0.2) is 0 Å². The molecule has 1 aliphatic heterocycles. The molecule has 1 amide bonds. The van der Waals surface area contributed by atoms with Gasteiger partial charge in [0.15, 0.2) is 5.75 Å². The van der Waals surface area contributed by atoms with Gasteiger partial charge in [0.05, 0.1) is 6.54 Å². The fourth-order valence-electron chi connectivity index (χ4n) is 2.03. The number of hydroxylamine groups is 1. The number of hydrogen-bond donors (Lipinski definition) is 1. The number of nitrogens with two attached hydrogens (primary N) is 1. The number of amides is 1. The molecular weight excluding hydrogens is 246 g/mol. The Balaban J connectivity index is 1.87. The van der Waals surface area contributed by atoms with Gasteiger partial charge >= 0.3 is 5.91 Å². The maximum Gasteiger partial charge on any atom is 0.304 e. The standard InChI is InChI=1S/C13H13N3O3/c14-12(17)13-15-11(8-18-13)16-7-3-5-9-4-1-2-6-10(9)19-16/h1-2,4,6,8H,3,5,7H2,(H2,14,17). The molecule has 1 aliphatic rings. The summed E-state index contributed by atoms with van der Waals surface area (Å²) >= 11 is 0. The van der Waals surface area contributed by atoms with Crippen LogP contribution in [0.1, 0.15) is 22.7 Å². The van der Waals surface area contributed by atoms with E-state index in [-0.39, 0.29) is 5.89 Å². The first-order valence-corrected chi connectivity index (χ1v) is 6.03. The van der Waals surface area contributed by atoms with Gasteiger partial charge in [0, 0.05) is 0 Å². The van der Waals surface area contributed by atoms with Gasteiger partial charge in [0.1, 0.15) is 6.26 Å². The Kier molecular flexibility index (Phi) is 2.83. The summed E-state index contributed by atoms with van der Waals surface area (Å²) in [6.45, 7) is 0.666. The van der Waals surface area contributed by atoms with Gasteiger partial charge in [0.2, 0.25) is 5.82 Å². The van der Waals surface area contributed by atoms with Gasteiger partial charge < -0.3 is 15.0 Å². The van der Waals surface area contributed by atoms with E-state index in [9.17, 15) is 4.79 Å². The summed E-state index contributed by atoms with van der Waals surface area (Å²) in [5.74, 6) is 0.437. The van der Waals surface area contributed by atoms with E-state index in [0.717, 1.165) is 24.2 Å². The molecule has 98 valence electrons. The van der Waals surface area contributed by atoms with Crippen LogP contribution in [0.3, 0.4) is 0 Å². The highest BCUT2D eigenvalue weighted by Gasteiger charge is 2.20. The smallest absolute Gasteiger partial charge is 0.304 e. The van der Waals surface area contributed by atoms with E-state index >= 15 is 0 Å². The van der Waals surface area contributed by atoms with E-state index in [4.69, 9.17) is 15.0 Å². The molecule has 0 saturated carbocycles. The Morgan fingerprint density at radius 3 is 3.00 bits per heavy atom. The number of para-hydroxylation sites is 1. The summed E-state index contributed by atoms with van der Waals surface area (Å²) in [6, 6.07) is 7.85. The van der Waals surface area contributed by atoms with Crippen LogP contribution in [-0.4, -0.2) is 17.4 Å². The molecule has 3 rings (SSSR count). The van der Waals surface area contributed by atoms with Crippen molar-refractivity contribution in [2.24, 2.45) is 5.73 Å². The van der Waals surface area contributed by atoms with Gasteiger partial charge in [0.25, 0.3) is 5.89 Å². The number of oxazole rings is 1. The second kappa shape index (κ2) is 4.64. The van der Waals surface area contributed by atoms with Crippen LogP contribution in [0.15, 0.2) is 34.9 Å². The summed E-state index contributed by atoms with van der Waals surface area (Å²) in [7, 11) is 0. The lowest BCUT2D eigenvalue weighted by molar-refractivity contribution is 0.0967. The number of nitrogens with zero attached hydrogens (tertiary/aromatic N) is 2. The molecule has 2 N–H and O–H groups in total. The maximum absolute atomic E-state index is 11.0. The van der Waals surface area contributed by atoms with E-state index in [1.165, 1.54) is 6.26 Å². The Labute approximate surface area is 109 Å². The van der Waals surface area contributed by atoms with Crippen LogP contribution in [0.4, 0.5) is 5.82 Å². The molecule has 0 bridgehead atoms. The number of carbonyl (C=O) groups is 1. The monoisotopic (exact) mass is 259 g/mol. The first-order valence-electron chi connectivity index (χ1n) is 6.03. The molecule has 0 aliphatic carbocycles. The molecule has 1 aromatic heterocycles. The van der Waals surface area contributed by atoms with Crippen LogP contribution in [-0.2, 0) is 6.42 Å². The number of fused-ring (bicyclic) bond motifs is 1. The van der Waals surface area contributed by atoms with E-state index in [1.807, 2.05) is 24.3 Å². The van der Waals surface area contributed by atoms with Crippen molar-refractivity contribution < 1.29 is 14.0 Å². The molecular formula is C13H13N3O3. The van der Waals surface area contributed by atoms with Gasteiger partial charge in [-0.05, 0) is 24.5 Å². The topological polar surface area (TPSA) is 81.6 Å². The normalized spacial score (nSPS) is 14.4. The van der Waals surface area contributed by atoms with Crippen molar-refractivity contribution in [3.05, 3.63) is 42.0 Å². The molecule has 19 heavy (non-hydrogen) atoms. The number of hydrogen-bond acceptors (Lipinski definition) is 5. The third kappa shape index (κ3) is 2.24. The highest BCUT2D eigenvalue weighted by molar-refractivity contribution is 5.88. The summed E-state index contributed by atoms with van der Waals surface area (Å²) in [4.78, 5) is 20.8. The number of carbonyl (C=O) groups excluding carboxylic acids is 1. The lowest BCUT2D eigenvalue weighted by atomic mass is 10.1. The Hall–Kier alpha value is -2.50. The predicted molar refractivity (Wildman–Crippen MR) is 67.8 cm³/mol. The average Bonchev–Trinajstić information content (AvgIpc) is 2.80. The lowest BCUT2D eigenvalue weighted by Gasteiger charge is -2.19. The molecule has 2 aromatic rings. The van der Waals surface area contributed by atoms with E-state index in [2.05, 4.69) is 4.98 Å². The molecule has 0 unspecified atom stereocenters. The van der Waals surface area contributed by atoms with Crippen LogP contribution < -0.4 is 15.6 Å². The van der Waals surface area contributed by atoms with Crippen molar-refractivity contribution in [1.29, 1.82) is 0 Å².